The van der Waals surface area contributed by atoms with Crippen LogP contribution in [-0.2, 0) is 6.42 Å². The number of amidine groups is 1. The van der Waals surface area contributed by atoms with Crippen molar-refractivity contribution >= 4 is 24.3 Å². The second-order valence-electron chi connectivity index (χ2n) is 11.9. The molecule has 0 radical (unpaired) electrons. The molecule has 4 nitrogen and oxygen atoms in total. The van der Waals surface area contributed by atoms with E-state index in [1.54, 1.807) is 30.3 Å². The molecule has 0 saturated heterocycles. The number of rotatable bonds is 12. The summed E-state index contributed by atoms with van der Waals surface area (Å²) < 4.78 is 0. The average Bonchev–Trinajstić information content (AvgIpc) is 3.09. The zero-order valence-corrected chi connectivity index (χ0v) is 33.3. The van der Waals surface area contributed by atoms with Gasteiger partial charge in [0.1, 0.15) is 5.84 Å². The largest absolute Gasteiger partial charge is 0.348 e. The summed E-state index contributed by atoms with van der Waals surface area (Å²) in [6.45, 7) is 26.4. The van der Waals surface area contributed by atoms with Gasteiger partial charge in [-0.1, -0.05) is 130 Å². The molecule has 0 fully saturated rings. The number of nitrogens with zero attached hydrogens (tertiary/aromatic N) is 3. The molecule has 266 valence electrons. The first-order valence-electron chi connectivity index (χ1n) is 18.2. The van der Waals surface area contributed by atoms with Gasteiger partial charge in [0.05, 0.1) is 11.6 Å². The maximum atomic E-state index is 8.35. The fraction of sp³-hybridized carbons (Fsp3) is 0.512. The monoisotopic (exact) mass is 673 g/mol. The average molecular weight is 673 g/mol. The second-order valence-corrected chi connectivity index (χ2v) is 12.4. The van der Waals surface area contributed by atoms with Crippen LogP contribution in [0.25, 0.3) is 0 Å². The molecule has 0 bridgehead atoms. The highest BCUT2D eigenvalue weighted by atomic mass is 32.1. The van der Waals surface area contributed by atoms with Crippen LogP contribution in [0.15, 0.2) is 95.1 Å². The Balaban J connectivity index is 0. The van der Waals surface area contributed by atoms with Gasteiger partial charge >= 0.3 is 0 Å². The number of benzene rings is 1. The topological polar surface area (TPSA) is 61.1 Å². The molecule has 2 unspecified atom stereocenters. The van der Waals surface area contributed by atoms with Crippen LogP contribution in [0.1, 0.15) is 137 Å². The quantitative estimate of drug-likeness (QED) is 0.0775. The summed E-state index contributed by atoms with van der Waals surface area (Å²) in [6, 6.07) is 11.3. The van der Waals surface area contributed by atoms with Crippen LogP contribution in [-0.4, -0.2) is 10.8 Å². The van der Waals surface area contributed by atoms with E-state index in [0.717, 1.165) is 41.7 Å². The van der Waals surface area contributed by atoms with Gasteiger partial charge in [0.25, 0.3) is 0 Å². The zero-order valence-electron chi connectivity index (χ0n) is 32.4. The Kier molecular flexibility index (Phi) is 29.0. The number of thiol groups is 1. The first-order valence-corrected chi connectivity index (χ1v) is 18.6. The lowest BCUT2D eigenvalue weighted by Crippen LogP contribution is -2.22. The lowest BCUT2D eigenvalue weighted by Gasteiger charge is -2.27. The number of allylic oxidation sites excluding steroid dienone is 7. The van der Waals surface area contributed by atoms with Crippen molar-refractivity contribution in [1.29, 1.82) is 5.26 Å². The summed E-state index contributed by atoms with van der Waals surface area (Å²) in [5.41, 5.74) is 4.48. The van der Waals surface area contributed by atoms with Gasteiger partial charge in [-0.25, -0.2) is 9.98 Å². The number of aliphatic imine (C=N–C) groups is 1. The number of nitriles is 1. The summed E-state index contributed by atoms with van der Waals surface area (Å²) >= 11 is 4.06. The number of hydrogen-bond donors (Lipinski definition) is 2. The third-order valence-electron chi connectivity index (χ3n) is 7.39. The lowest BCUT2D eigenvalue weighted by atomic mass is 9.78. The van der Waals surface area contributed by atoms with Crippen molar-refractivity contribution in [3.05, 3.63) is 102 Å². The lowest BCUT2D eigenvalue weighted by molar-refractivity contribution is 0.416. The maximum Gasteiger partial charge on any atom is 0.157 e. The predicted octanol–water partition coefficient (Wildman–Crippen LogP) is 13.5. The minimum absolute atomic E-state index is 0.121. The molecule has 1 N–H and O–H groups in total. The molecule has 0 saturated carbocycles. The Morgan fingerprint density at radius 2 is 1.73 bits per heavy atom. The standard InChI is InChI=1S/C29H45N3.C7H5NS.C3H6.2C2H6/c1-7-10-12-16-25(15-8-2)20-27(9-3)31-24(5)32-28-26(19-23(4)22-30-28)21-29(6)17-13-11-14-18-29;8-5-6-1-3-7(9)4-2-6;1-3-2;2*1-2/h9,11,13-14,17,19,22,25H,7-8,10,12,15-16,18,20-21H2,1-6H3,(H,30,31,32);1-4,9H;3H,1H2,2H3;2*1-2H3/b27-9-;;;;. The van der Waals surface area contributed by atoms with Crippen molar-refractivity contribution in [2.45, 2.75) is 139 Å². The van der Waals surface area contributed by atoms with Gasteiger partial charge in [-0.05, 0) is 93.7 Å². The summed E-state index contributed by atoms with van der Waals surface area (Å²) in [7, 11) is 0. The van der Waals surface area contributed by atoms with E-state index < -0.39 is 0 Å². The molecule has 3 rings (SSSR count). The normalized spacial score (nSPS) is 15.4. The predicted molar refractivity (Wildman–Crippen MR) is 217 cm³/mol. The number of unbranched alkanes of at least 4 members (excludes halogenated alkanes) is 2. The van der Waals surface area contributed by atoms with E-state index in [9.17, 15) is 0 Å². The SMILES string of the molecule is C/C=C(/CC(CCC)CCCCC)N/C(C)=N/c1ncc(C)cc1CC1(C)C=CC=CC1.C=CC.CC.CC.N#Cc1ccc(S)cc1. The summed E-state index contributed by atoms with van der Waals surface area (Å²) in [6.07, 6.45) is 25.7. The van der Waals surface area contributed by atoms with Crippen molar-refractivity contribution in [1.82, 2.24) is 10.3 Å². The van der Waals surface area contributed by atoms with E-state index in [0.29, 0.717) is 5.56 Å². The van der Waals surface area contributed by atoms with Gasteiger partial charge in [0.2, 0.25) is 0 Å². The van der Waals surface area contributed by atoms with Crippen LogP contribution >= 0.6 is 12.6 Å². The van der Waals surface area contributed by atoms with Crippen molar-refractivity contribution in [2.24, 2.45) is 16.3 Å². The number of hydrogen-bond acceptors (Lipinski definition) is 4. The molecule has 2 aromatic rings. The van der Waals surface area contributed by atoms with Crippen LogP contribution in [0.5, 0.6) is 0 Å². The van der Waals surface area contributed by atoms with Crippen molar-refractivity contribution in [3.63, 3.8) is 0 Å². The molecule has 1 aliphatic carbocycles. The van der Waals surface area contributed by atoms with Gasteiger partial charge < -0.3 is 5.32 Å². The van der Waals surface area contributed by atoms with Gasteiger partial charge in [-0.15, -0.1) is 19.2 Å². The van der Waals surface area contributed by atoms with E-state index in [1.165, 1.54) is 55.3 Å². The highest BCUT2D eigenvalue weighted by Crippen LogP contribution is 2.34. The van der Waals surface area contributed by atoms with E-state index in [-0.39, 0.29) is 5.41 Å². The Hall–Kier alpha value is -3.36. The molecule has 1 heterocycles. The Labute approximate surface area is 302 Å². The molecule has 48 heavy (non-hydrogen) atoms. The molecule has 0 spiro atoms. The molecule has 1 aliphatic rings. The van der Waals surface area contributed by atoms with E-state index in [1.807, 2.05) is 46.9 Å². The number of pyridine rings is 1. The minimum atomic E-state index is 0.121. The first-order chi connectivity index (χ1) is 23.1. The van der Waals surface area contributed by atoms with Gasteiger partial charge in [-0.3, -0.25) is 0 Å². The fourth-order valence-corrected chi connectivity index (χ4v) is 5.29. The first kappa shape index (κ1) is 46.8. The van der Waals surface area contributed by atoms with E-state index >= 15 is 0 Å². The van der Waals surface area contributed by atoms with Crippen LogP contribution in [0.3, 0.4) is 0 Å². The fourth-order valence-electron chi connectivity index (χ4n) is 5.14. The van der Waals surface area contributed by atoms with E-state index in [2.05, 4.69) is 103 Å². The molecule has 0 aliphatic heterocycles. The van der Waals surface area contributed by atoms with E-state index in [4.69, 9.17) is 15.2 Å². The molecule has 5 heteroatoms. The number of aryl methyl sites for hydroxylation is 1. The molecular weight excluding hydrogens is 605 g/mol. The van der Waals surface area contributed by atoms with Crippen molar-refractivity contribution in [2.75, 3.05) is 0 Å². The van der Waals surface area contributed by atoms with Gasteiger partial charge in [0, 0.05) is 16.8 Å². The number of aromatic nitrogens is 1. The maximum absolute atomic E-state index is 8.35. The molecular formula is C43H68N4S. The number of nitrogens with one attached hydrogen (secondary N) is 1. The van der Waals surface area contributed by atoms with Gasteiger partial charge in [-0.2, -0.15) is 5.26 Å². The van der Waals surface area contributed by atoms with Crippen LogP contribution in [0, 0.1) is 29.6 Å². The van der Waals surface area contributed by atoms with Crippen LogP contribution < -0.4 is 5.32 Å². The van der Waals surface area contributed by atoms with Gasteiger partial charge in [0.15, 0.2) is 5.82 Å². The van der Waals surface area contributed by atoms with Crippen molar-refractivity contribution < 1.29 is 0 Å². The molecule has 1 aromatic carbocycles. The Morgan fingerprint density at radius 3 is 2.25 bits per heavy atom. The Morgan fingerprint density at radius 1 is 1.08 bits per heavy atom. The minimum Gasteiger partial charge on any atom is -0.348 e. The highest BCUT2D eigenvalue weighted by molar-refractivity contribution is 7.80. The molecule has 2 atom stereocenters. The zero-order chi connectivity index (χ0) is 36.8. The van der Waals surface area contributed by atoms with Crippen LogP contribution in [0.2, 0.25) is 0 Å². The molecule has 1 aromatic heterocycles. The Bertz CT molecular complexity index is 1280. The van der Waals surface area contributed by atoms with Crippen molar-refractivity contribution in [3.8, 4) is 6.07 Å². The highest BCUT2D eigenvalue weighted by Gasteiger charge is 2.23. The molecule has 0 amide bonds. The van der Waals surface area contributed by atoms with Crippen LogP contribution in [0.4, 0.5) is 5.82 Å². The second kappa shape index (κ2) is 29.8. The summed E-state index contributed by atoms with van der Waals surface area (Å²) in [5.74, 6) is 2.51. The third kappa shape index (κ3) is 21.5. The summed E-state index contributed by atoms with van der Waals surface area (Å²) in [5, 5.41) is 11.9. The smallest absolute Gasteiger partial charge is 0.157 e. The summed E-state index contributed by atoms with van der Waals surface area (Å²) in [4.78, 5) is 10.5. The third-order valence-corrected chi connectivity index (χ3v) is 7.68.